The van der Waals surface area contributed by atoms with Crippen molar-refractivity contribution in [2.24, 2.45) is 21.7 Å². The molecule has 39 heavy (non-hydrogen) atoms. The predicted octanol–water partition coefficient (Wildman–Crippen LogP) is 3.51. The van der Waals surface area contributed by atoms with Crippen molar-refractivity contribution in [2.75, 3.05) is 6.54 Å². The summed E-state index contributed by atoms with van der Waals surface area (Å²) in [4.78, 5) is 13.2. The molecule has 1 fully saturated rings. The average molecular weight is 559 g/mol. The van der Waals surface area contributed by atoms with Crippen molar-refractivity contribution in [2.45, 2.75) is 163 Å². The van der Waals surface area contributed by atoms with Gasteiger partial charge in [-0.2, -0.15) is 0 Å². The van der Waals surface area contributed by atoms with Gasteiger partial charge < -0.3 is 36.2 Å². The van der Waals surface area contributed by atoms with E-state index in [9.17, 15) is 30.3 Å². The van der Waals surface area contributed by atoms with Crippen molar-refractivity contribution in [3.63, 3.8) is 0 Å². The Morgan fingerprint density at radius 2 is 1.44 bits per heavy atom. The number of carbonyl (C=O) groups is 1. The summed E-state index contributed by atoms with van der Waals surface area (Å²) in [5, 5.41) is 59.3. The van der Waals surface area contributed by atoms with Crippen LogP contribution in [0.5, 0.6) is 0 Å². The normalized spacial score (nSPS) is 26.9. The number of aliphatic hydroxyl groups excluding tert-OH is 5. The summed E-state index contributed by atoms with van der Waals surface area (Å²) in [6.07, 6.45) is -0.528. The van der Waals surface area contributed by atoms with Gasteiger partial charge in [0.1, 0.15) is 6.10 Å². The Hall–Kier alpha value is -0.770. The zero-order valence-electron chi connectivity index (χ0n) is 26.5. The second kappa shape index (κ2) is 14.4. The summed E-state index contributed by atoms with van der Waals surface area (Å²) in [5.74, 6) is -0.167. The first-order chi connectivity index (χ1) is 17.6. The van der Waals surface area contributed by atoms with Crippen molar-refractivity contribution in [1.29, 1.82) is 0 Å². The lowest BCUT2D eigenvalue weighted by atomic mass is 9.69. The lowest BCUT2D eigenvalue weighted by molar-refractivity contribution is -0.125. The third-order valence-corrected chi connectivity index (χ3v) is 8.91. The molecule has 8 nitrogen and oxygen atoms in total. The van der Waals surface area contributed by atoms with Crippen molar-refractivity contribution >= 4 is 5.91 Å². The van der Waals surface area contributed by atoms with E-state index in [1.54, 1.807) is 0 Å². The zero-order chi connectivity index (χ0) is 30.4. The molecule has 1 amide bonds. The minimum atomic E-state index is -1.25. The van der Waals surface area contributed by atoms with Crippen molar-refractivity contribution in [3.8, 4) is 0 Å². The molecule has 0 aliphatic heterocycles. The van der Waals surface area contributed by atoms with E-state index < -0.39 is 48.0 Å². The molecule has 1 aliphatic carbocycles. The maximum absolute atomic E-state index is 13.2. The van der Waals surface area contributed by atoms with Gasteiger partial charge in [-0.3, -0.25) is 4.79 Å². The molecule has 1 rings (SSSR count). The van der Waals surface area contributed by atoms with Gasteiger partial charge in [-0.25, -0.2) is 0 Å². The molecule has 0 aromatic rings. The SMILES string of the molecule is CCC(C)(C)CC(C)(C)CC(=O)NC(CNC1CCC(O)C(O)C1O)C(O)CC(O)C(C)(CC)CC(C)(C)C. The van der Waals surface area contributed by atoms with Crippen LogP contribution in [0.1, 0.15) is 121 Å². The smallest absolute Gasteiger partial charge is 0.220 e. The minimum Gasteiger partial charge on any atom is -0.392 e. The molecule has 7 N–H and O–H groups in total. The van der Waals surface area contributed by atoms with Crippen LogP contribution in [0, 0.1) is 21.7 Å². The van der Waals surface area contributed by atoms with Gasteiger partial charge in [-0.1, -0.05) is 75.7 Å². The van der Waals surface area contributed by atoms with Crippen LogP contribution in [0.4, 0.5) is 0 Å². The molecule has 8 unspecified atom stereocenters. The number of aliphatic hydroxyl groups is 5. The van der Waals surface area contributed by atoms with Gasteiger partial charge in [0, 0.05) is 25.4 Å². The topological polar surface area (TPSA) is 142 Å². The van der Waals surface area contributed by atoms with Crippen LogP contribution in [-0.4, -0.2) is 80.6 Å². The summed E-state index contributed by atoms with van der Waals surface area (Å²) in [6.45, 7) is 21.4. The van der Waals surface area contributed by atoms with E-state index >= 15 is 0 Å². The fraction of sp³-hybridized carbons (Fsp3) is 0.968. The van der Waals surface area contributed by atoms with Gasteiger partial charge in [0.15, 0.2) is 0 Å². The summed E-state index contributed by atoms with van der Waals surface area (Å²) >= 11 is 0. The van der Waals surface area contributed by atoms with E-state index in [-0.39, 0.29) is 35.1 Å². The fourth-order valence-electron chi connectivity index (χ4n) is 6.48. The average Bonchev–Trinajstić information content (AvgIpc) is 2.78. The molecule has 0 aromatic heterocycles. The molecule has 0 heterocycles. The number of hydrogen-bond donors (Lipinski definition) is 7. The van der Waals surface area contributed by atoms with Crippen molar-refractivity contribution < 1.29 is 30.3 Å². The number of hydrogen-bond acceptors (Lipinski definition) is 7. The molecule has 0 spiro atoms. The number of carbonyl (C=O) groups excluding carboxylic acids is 1. The van der Waals surface area contributed by atoms with E-state index in [1.807, 2.05) is 13.8 Å². The van der Waals surface area contributed by atoms with Crippen LogP contribution < -0.4 is 10.6 Å². The highest BCUT2D eigenvalue weighted by atomic mass is 16.4. The van der Waals surface area contributed by atoms with Crippen molar-refractivity contribution in [1.82, 2.24) is 10.6 Å². The highest BCUT2D eigenvalue weighted by Crippen LogP contribution is 2.41. The van der Waals surface area contributed by atoms with Gasteiger partial charge in [-0.05, 0) is 53.8 Å². The first kappa shape index (κ1) is 36.3. The van der Waals surface area contributed by atoms with Crippen LogP contribution in [0.15, 0.2) is 0 Å². The maximum Gasteiger partial charge on any atom is 0.220 e. The Kier molecular flexibility index (Phi) is 13.4. The molecule has 1 aliphatic rings. The molecule has 0 radical (unpaired) electrons. The van der Waals surface area contributed by atoms with Gasteiger partial charge in [0.05, 0.1) is 30.5 Å². The van der Waals surface area contributed by atoms with Gasteiger partial charge in [0.2, 0.25) is 5.91 Å². The number of amides is 1. The molecular formula is C31H62N2O6. The first-order valence-corrected chi connectivity index (χ1v) is 15.1. The Bertz CT molecular complexity index is 752. The van der Waals surface area contributed by atoms with Crippen LogP contribution >= 0.6 is 0 Å². The zero-order valence-corrected chi connectivity index (χ0v) is 26.5. The van der Waals surface area contributed by atoms with Crippen LogP contribution in [-0.2, 0) is 4.79 Å². The molecule has 232 valence electrons. The highest BCUT2D eigenvalue weighted by molar-refractivity contribution is 5.77. The predicted molar refractivity (Wildman–Crippen MR) is 157 cm³/mol. The van der Waals surface area contributed by atoms with Crippen LogP contribution in [0.25, 0.3) is 0 Å². The minimum absolute atomic E-state index is 0.00619. The first-order valence-electron chi connectivity index (χ1n) is 15.1. The van der Waals surface area contributed by atoms with Crippen LogP contribution in [0.3, 0.4) is 0 Å². The Labute approximate surface area is 238 Å². The quantitative estimate of drug-likeness (QED) is 0.163. The van der Waals surface area contributed by atoms with Gasteiger partial charge >= 0.3 is 0 Å². The van der Waals surface area contributed by atoms with E-state index in [0.717, 1.165) is 25.7 Å². The standard InChI is InChI=1S/C31H62N2O6/c1-11-29(6,7)19-30(8,9)16-25(37)33-21(17-32-20-13-14-22(34)27(39)26(20)38)23(35)15-24(36)31(10,12-2)18-28(3,4)5/h20-24,26-27,32,34-36,38-39H,11-19H2,1-10H3,(H,33,37). The third-order valence-electron chi connectivity index (χ3n) is 8.91. The van der Waals surface area contributed by atoms with Gasteiger partial charge in [-0.15, -0.1) is 0 Å². The molecule has 0 aromatic carbocycles. The Morgan fingerprint density at radius 3 is 1.95 bits per heavy atom. The molecule has 0 saturated heterocycles. The second-order valence-corrected chi connectivity index (χ2v) is 15.4. The lowest BCUT2D eigenvalue weighted by Crippen LogP contribution is -2.58. The monoisotopic (exact) mass is 558 g/mol. The van der Waals surface area contributed by atoms with Crippen LogP contribution in [0.2, 0.25) is 0 Å². The summed E-state index contributed by atoms with van der Waals surface area (Å²) in [7, 11) is 0. The summed E-state index contributed by atoms with van der Waals surface area (Å²) in [6, 6.07) is -1.18. The Balaban J connectivity index is 3.04. The third kappa shape index (κ3) is 11.9. The largest absolute Gasteiger partial charge is 0.392 e. The fourth-order valence-corrected chi connectivity index (χ4v) is 6.48. The molecule has 1 saturated carbocycles. The lowest BCUT2D eigenvalue weighted by Gasteiger charge is -2.41. The number of nitrogens with one attached hydrogen (secondary N) is 2. The maximum atomic E-state index is 13.2. The molecule has 8 atom stereocenters. The van der Waals surface area contributed by atoms with Gasteiger partial charge in [0.25, 0.3) is 0 Å². The highest BCUT2D eigenvalue weighted by Gasteiger charge is 2.40. The second-order valence-electron chi connectivity index (χ2n) is 15.4. The molecule has 0 bridgehead atoms. The van der Waals surface area contributed by atoms with E-state index in [4.69, 9.17) is 0 Å². The number of rotatable bonds is 15. The van der Waals surface area contributed by atoms with E-state index in [1.165, 1.54) is 0 Å². The Morgan fingerprint density at radius 1 is 0.846 bits per heavy atom. The van der Waals surface area contributed by atoms with E-state index in [0.29, 0.717) is 19.3 Å². The summed E-state index contributed by atoms with van der Waals surface area (Å²) in [5.41, 5.74) is -0.519. The molecular weight excluding hydrogens is 496 g/mol. The summed E-state index contributed by atoms with van der Waals surface area (Å²) < 4.78 is 0. The van der Waals surface area contributed by atoms with E-state index in [2.05, 4.69) is 66.0 Å². The van der Waals surface area contributed by atoms with Crippen molar-refractivity contribution in [3.05, 3.63) is 0 Å². The molecule has 8 heteroatoms.